The number of nitrogens with zero attached hydrogens (tertiary/aromatic N) is 3. The highest BCUT2D eigenvalue weighted by molar-refractivity contribution is 7.91. The largest absolute Gasteiger partial charge is 0.438 e. The van der Waals surface area contributed by atoms with Gasteiger partial charge < -0.3 is 10.1 Å². The fourth-order valence-corrected chi connectivity index (χ4v) is 5.56. The molecule has 1 unspecified atom stereocenters. The Kier molecular flexibility index (Phi) is 6.69. The first-order chi connectivity index (χ1) is 17.0. The number of hydrogen-bond donors (Lipinski definition) is 1. The predicted molar refractivity (Wildman–Crippen MR) is 135 cm³/mol. The highest BCUT2D eigenvalue weighted by Gasteiger charge is 2.30. The second-order valence-corrected chi connectivity index (χ2v) is 11.9. The van der Waals surface area contributed by atoms with Crippen molar-refractivity contribution < 1.29 is 17.9 Å². The zero-order chi connectivity index (χ0) is 26.1. The van der Waals surface area contributed by atoms with E-state index in [1.165, 1.54) is 10.6 Å². The molecule has 9 nitrogen and oxygen atoms in total. The lowest BCUT2D eigenvalue weighted by Gasteiger charge is -2.19. The standard InChI is InChI=1S/C26H26N4O5S/c1-26(2,3)18-7-9-20(10-8-18)35-24-21(25(32)30-12-5-4-6-22(30)29-24)14-17(15-27)23(31)28-19-11-13-36(33,34)16-19/h4-10,12,14,19H,11,13,16H2,1-3H3,(H,28,31). The van der Waals surface area contributed by atoms with Crippen LogP contribution in [-0.4, -0.2) is 41.3 Å². The lowest BCUT2D eigenvalue weighted by molar-refractivity contribution is -0.117. The van der Waals surface area contributed by atoms with Crippen LogP contribution < -0.4 is 15.6 Å². The second kappa shape index (κ2) is 9.59. The molecule has 1 amide bonds. The van der Waals surface area contributed by atoms with Crippen LogP contribution in [0.2, 0.25) is 0 Å². The fraction of sp³-hybridized carbons (Fsp3) is 0.308. The van der Waals surface area contributed by atoms with E-state index in [9.17, 15) is 23.3 Å². The third-order valence-electron chi connectivity index (χ3n) is 5.89. The van der Waals surface area contributed by atoms with Crippen molar-refractivity contribution in [3.8, 4) is 17.7 Å². The van der Waals surface area contributed by atoms with Crippen LogP contribution >= 0.6 is 0 Å². The number of carbonyl (C=O) groups is 1. The number of benzene rings is 1. The highest BCUT2D eigenvalue weighted by Crippen LogP contribution is 2.28. The monoisotopic (exact) mass is 506 g/mol. The summed E-state index contributed by atoms with van der Waals surface area (Å²) >= 11 is 0. The van der Waals surface area contributed by atoms with Gasteiger partial charge in [-0.15, -0.1) is 0 Å². The van der Waals surface area contributed by atoms with E-state index in [1.807, 2.05) is 12.1 Å². The topological polar surface area (TPSA) is 131 Å². The van der Waals surface area contributed by atoms with Gasteiger partial charge >= 0.3 is 0 Å². The summed E-state index contributed by atoms with van der Waals surface area (Å²) in [6.45, 7) is 6.27. The Morgan fingerprint density at radius 1 is 1.22 bits per heavy atom. The van der Waals surface area contributed by atoms with Crippen LogP contribution in [0.15, 0.2) is 59.0 Å². The number of carbonyl (C=O) groups excluding carboxylic acids is 1. The molecule has 3 aromatic rings. The van der Waals surface area contributed by atoms with E-state index in [4.69, 9.17) is 4.74 Å². The quantitative estimate of drug-likeness (QED) is 0.416. The number of pyridine rings is 1. The molecule has 1 atom stereocenters. The van der Waals surface area contributed by atoms with Gasteiger partial charge in [-0.1, -0.05) is 39.0 Å². The van der Waals surface area contributed by atoms with Crippen LogP contribution in [0.25, 0.3) is 11.7 Å². The average Bonchev–Trinajstić information content (AvgIpc) is 3.16. The minimum atomic E-state index is -3.22. The summed E-state index contributed by atoms with van der Waals surface area (Å²) in [7, 11) is -3.22. The Morgan fingerprint density at radius 3 is 2.56 bits per heavy atom. The maximum absolute atomic E-state index is 13.3. The van der Waals surface area contributed by atoms with E-state index >= 15 is 0 Å². The minimum Gasteiger partial charge on any atom is -0.438 e. The molecular weight excluding hydrogens is 480 g/mol. The molecule has 0 radical (unpaired) electrons. The van der Waals surface area contributed by atoms with Gasteiger partial charge in [0.05, 0.1) is 11.5 Å². The van der Waals surface area contributed by atoms with Crippen LogP contribution in [0.5, 0.6) is 11.6 Å². The predicted octanol–water partition coefficient (Wildman–Crippen LogP) is 2.99. The molecule has 1 aromatic carbocycles. The smallest absolute Gasteiger partial charge is 0.269 e. The van der Waals surface area contributed by atoms with Gasteiger partial charge in [0.25, 0.3) is 11.5 Å². The molecule has 0 saturated carbocycles. The molecule has 1 aliphatic rings. The van der Waals surface area contributed by atoms with Gasteiger partial charge in [0.15, 0.2) is 9.84 Å². The van der Waals surface area contributed by atoms with E-state index < -0.39 is 27.3 Å². The average molecular weight is 507 g/mol. The summed E-state index contributed by atoms with van der Waals surface area (Å²) in [5.74, 6) is -0.595. The third-order valence-corrected chi connectivity index (χ3v) is 7.66. The summed E-state index contributed by atoms with van der Waals surface area (Å²) in [6, 6.07) is 13.6. The van der Waals surface area contributed by atoms with Crippen LogP contribution in [0.3, 0.4) is 0 Å². The molecule has 1 aliphatic heterocycles. The molecule has 0 bridgehead atoms. The number of aromatic nitrogens is 2. The number of rotatable bonds is 5. The van der Waals surface area contributed by atoms with Crippen molar-refractivity contribution in [2.75, 3.05) is 11.5 Å². The number of sulfone groups is 1. The van der Waals surface area contributed by atoms with Gasteiger partial charge in [-0.05, 0) is 47.7 Å². The van der Waals surface area contributed by atoms with Crippen molar-refractivity contribution in [3.63, 3.8) is 0 Å². The summed E-state index contributed by atoms with van der Waals surface area (Å²) in [6.07, 6.45) is 2.93. The normalized spacial score (nSPS) is 17.5. The van der Waals surface area contributed by atoms with E-state index in [-0.39, 0.29) is 40.4 Å². The molecule has 1 N–H and O–H groups in total. The fourth-order valence-electron chi connectivity index (χ4n) is 3.88. The van der Waals surface area contributed by atoms with Crippen molar-refractivity contribution >= 4 is 27.5 Å². The maximum Gasteiger partial charge on any atom is 0.269 e. The van der Waals surface area contributed by atoms with Gasteiger partial charge in [0.1, 0.15) is 28.6 Å². The highest BCUT2D eigenvalue weighted by atomic mass is 32.2. The molecular formula is C26H26N4O5S. The van der Waals surface area contributed by atoms with Crippen LogP contribution in [0, 0.1) is 11.3 Å². The number of fused-ring (bicyclic) bond motifs is 1. The molecule has 186 valence electrons. The van der Waals surface area contributed by atoms with Crippen molar-refractivity contribution in [2.45, 2.75) is 38.6 Å². The van der Waals surface area contributed by atoms with Gasteiger partial charge in [-0.2, -0.15) is 10.2 Å². The Labute approximate surface area is 209 Å². The molecule has 3 heterocycles. The Morgan fingerprint density at radius 2 is 1.94 bits per heavy atom. The zero-order valence-corrected chi connectivity index (χ0v) is 21.0. The van der Waals surface area contributed by atoms with Crippen LogP contribution in [-0.2, 0) is 20.0 Å². The number of ether oxygens (including phenoxy) is 1. The summed E-state index contributed by atoms with van der Waals surface area (Å²) < 4.78 is 30.7. The molecule has 1 saturated heterocycles. The molecule has 4 rings (SSSR count). The Bertz CT molecular complexity index is 1560. The number of amides is 1. The number of hydrogen-bond acceptors (Lipinski definition) is 7. The van der Waals surface area contributed by atoms with Gasteiger partial charge in [-0.3, -0.25) is 14.0 Å². The van der Waals surface area contributed by atoms with Crippen molar-refractivity contribution in [1.29, 1.82) is 5.26 Å². The van der Waals surface area contributed by atoms with Crippen molar-refractivity contribution in [1.82, 2.24) is 14.7 Å². The van der Waals surface area contributed by atoms with E-state index in [0.29, 0.717) is 11.4 Å². The molecule has 36 heavy (non-hydrogen) atoms. The summed E-state index contributed by atoms with van der Waals surface area (Å²) in [5.41, 5.74) is 0.413. The van der Waals surface area contributed by atoms with Gasteiger partial charge in [-0.25, -0.2) is 8.42 Å². The first-order valence-corrected chi connectivity index (χ1v) is 13.2. The maximum atomic E-state index is 13.3. The van der Waals surface area contributed by atoms with Crippen molar-refractivity contribution in [2.24, 2.45) is 0 Å². The lowest BCUT2D eigenvalue weighted by Crippen LogP contribution is -2.36. The molecule has 1 fully saturated rings. The van der Waals surface area contributed by atoms with Crippen molar-refractivity contribution in [3.05, 3.63) is 75.7 Å². The third kappa shape index (κ3) is 5.47. The Hall–Kier alpha value is -3.97. The van der Waals surface area contributed by atoms with E-state index in [1.54, 1.807) is 36.4 Å². The van der Waals surface area contributed by atoms with Crippen LogP contribution in [0.1, 0.15) is 38.3 Å². The Balaban J connectivity index is 1.73. The lowest BCUT2D eigenvalue weighted by atomic mass is 9.87. The van der Waals surface area contributed by atoms with Gasteiger partial charge in [0, 0.05) is 12.2 Å². The molecule has 0 aliphatic carbocycles. The SMILES string of the molecule is CC(C)(C)c1ccc(Oc2nc3ccccn3c(=O)c2C=C(C#N)C(=O)NC2CCS(=O)(=O)C2)cc1. The zero-order valence-electron chi connectivity index (χ0n) is 20.2. The first-order valence-electron chi connectivity index (χ1n) is 11.4. The first kappa shape index (κ1) is 25.1. The summed E-state index contributed by atoms with van der Waals surface area (Å²) in [5, 5.41) is 12.2. The second-order valence-electron chi connectivity index (χ2n) is 9.68. The number of nitrogens with one attached hydrogen (secondary N) is 1. The van der Waals surface area contributed by atoms with E-state index in [2.05, 4.69) is 31.1 Å². The van der Waals surface area contributed by atoms with E-state index in [0.717, 1.165) is 11.6 Å². The minimum absolute atomic E-state index is 0.0223. The summed E-state index contributed by atoms with van der Waals surface area (Å²) in [4.78, 5) is 30.5. The molecule has 0 spiro atoms. The molecule has 10 heteroatoms. The van der Waals surface area contributed by atoms with Gasteiger partial charge in [0.2, 0.25) is 5.88 Å². The molecule has 2 aromatic heterocycles. The van der Waals surface area contributed by atoms with Crippen LogP contribution in [0.4, 0.5) is 0 Å². The number of nitriles is 1.